The van der Waals surface area contributed by atoms with Crippen LogP contribution in [0.4, 0.5) is 4.39 Å². The highest BCUT2D eigenvalue weighted by atomic mass is 19.1. The van der Waals surface area contributed by atoms with Crippen LogP contribution < -0.4 is 0 Å². The second kappa shape index (κ2) is 19.4. The minimum atomic E-state index is -2.20. The molecule has 0 bridgehead atoms. The summed E-state index contributed by atoms with van der Waals surface area (Å²) in [7, 11) is 0. The van der Waals surface area contributed by atoms with E-state index in [0.29, 0.717) is 6.61 Å². The molecule has 13 heteroatoms. The molecule has 0 radical (unpaired) electrons. The summed E-state index contributed by atoms with van der Waals surface area (Å²) in [6, 6.07) is 28.8. The Labute approximate surface area is 315 Å². The summed E-state index contributed by atoms with van der Waals surface area (Å²) in [5, 5.41) is 0. The number of alkyl halides is 1. The van der Waals surface area contributed by atoms with Crippen LogP contribution in [0.1, 0.15) is 51.3 Å². The van der Waals surface area contributed by atoms with E-state index in [2.05, 4.69) is 0 Å². The maximum Gasteiger partial charge on any atom is 0.303 e. The zero-order valence-corrected chi connectivity index (χ0v) is 31.2. The Bertz CT molecular complexity index is 1630. The van der Waals surface area contributed by atoms with Crippen molar-refractivity contribution in [3.05, 3.63) is 108 Å². The maximum atomic E-state index is 16.7. The van der Waals surface area contributed by atoms with Crippen molar-refractivity contribution in [2.45, 2.75) is 109 Å². The lowest BCUT2D eigenvalue weighted by molar-refractivity contribution is -0.416. The first-order valence-corrected chi connectivity index (χ1v) is 18.0. The van der Waals surface area contributed by atoms with E-state index in [1.807, 2.05) is 97.9 Å². The van der Waals surface area contributed by atoms with Crippen molar-refractivity contribution in [2.24, 2.45) is 5.92 Å². The molecule has 2 fully saturated rings. The van der Waals surface area contributed by atoms with E-state index in [4.69, 9.17) is 42.6 Å². The Morgan fingerprint density at radius 1 is 0.667 bits per heavy atom. The van der Waals surface area contributed by atoms with Crippen molar-refractivity contribution in [1.82, 2.24) is 0 Å². The number of ether oxygens (including phenoxy) is 9. The Morgan fingerprint density at radius 2 is 1.19 bits per heavy atom. The Kier molecular flexibility index (Phi) is 14.7. The monoisotopic (exact) mass is 752 g/mol. The summed E-state index contributed by atoms with van der Waals surface area (Å²) in [4.78, 5) is 36.2. The van der Waals surface area contributed by atoms with Gasteiger partial charge in [0.25, 0.3) is 0 Å². The number of hydrogen-bond donors (Lipinski definition) is 0. The fraction of sp³-hybridized carbons (Fsp3) is 0.488. The van der Waals surface area contributed by atoms with E-state index in [1.165, 1.54) is 6.92 Å². The van der Waals surface area contributed by atoms with E-state index in [1.54, 1.807) is 6.92 Å². The van der Waals surface area contributed by atoms with Gasteiger partial charge >= 0.3 is 17.9 Å². The van der Waals surface area contributed by atoms with Crippen molar-refractivity contribution in [1.29, 1.82) is 0 Å². The average molecular weight is 753 g/mol. The first-order chi connectivity index (χ1) is 25.9. The molecule has 2 heterocycles. The van der Waals surface area contributed by atoms with Gasteiger partial charge in [0.15, 0.2) is 30.5 Å². The highest BCUT2D eigenvalue weighted by Gasteiger charge is 2.58. The van der Waals surface area contributed by atoms with Crippen LogP contribution in [-0.2, 0) is 76.8 Å². The van der Waals surface area contributed by atoms with Gasteiger partial charge in [-0.25, -0.2) is 4.39 Å². The van der Waals surface area contributed by atoms with Crippen LogP contribution in [-0.4, -0.2) is 86.0 Å². The van der Waals surface area contributed by atoms with Gasteiger partial charge in [-0.05, 0) is 23.6 Å². The molecule has 0 amide bonds. The second-order valence-electron chi connectivity index (χ2n) is 13.6. The number of benzene rings is 3. The molecule has 0 saturated carbocycles. The number of halogens is 1. The van der Waals surface area contributed by atoms with Crippen molar-refractivity contribution in [2.75, 3.05) is 13.2 Å². The van der Waals surface area contributed by atoms with Gasteiger partial charge in [0.1, 0.15) is 18.8 Å². The first-order valence-electron chi connectivity index (χ1n) is 18.0. The van der Waals surface area contributed by atoms with Gasteiger partial charge in [0.2, 0.25) is 0 Å². The van der Waals surface area contributed by atoms with Gasteiger partial charge in [-0.15, -0.1) is 0 Å². The lowest BCUT2D eigenvalue weighted by Gasteiger charge is -2.52. The molecule has 0 aliphatic carbocycles. The minimum Gasteiger partial charge on any atom is -0.463 e. The molecule has 12 nitrogen and oxygen atoms in total. The lowest BCUT2D eigenvalue weighted by atomic mass is 9.86. The van der Waals surface area contributed by atoms with Crippen molar-refractivity contribution >= 4 is 17.9 Å². The third-order valence-electron chi connectivity index (χ3n) is 9.23. The Balaban J connectivity index is 1.49. The number of carbonyl (C=O) groups is 3. The highest BCUT2D eigenvalue weighted by Crippen LogP contribution is 2.42. The van der Waals surface area contributed by atoms with Crippen LogP contribution >= 0.6 is 0 Å². The van der Waals surface area contributed by atoms with Gasteiger partial charge in [0.05, 0.1) is 38.6 Å². The molecule has 2 saturated heterocycles. The molecule has 3 aromatic carbocycles. The number of esters is 3. The van der Waals surface area contributed by atoms with Gasteiger partial charge in [0, 0.05) is 26.7 Å². The van der Waals surface area contributed by atoms with Crippen LogP contribution in [0.5, 0.6) is 0 Å². The predicted octanol–water partition coefficient (Wildman–Crippen LogP) is 5.63. The van der Waals surface area contributed by atoms with Crippen molar-refractivity contribution in [3.63, 3.8) is 0 Å². The fourth-order valence-corrected chi connectivity index (χ4v) is 6.61. The molecule has 2 aliphatic rings. The van der Waals surface area contributed by atoms with E-state index in [9.17, 15) is 14.4 Å². The van der Waals surface area contributed by atoms with Crippen LogP contribution in [0.15, 0.2) is 91.0 Å². The summed E-state index contributed by atoms with van der Waals surface area (Å²) >= 11 is 0. The third kappa shape index (κ3) is 11.2. The maximum absolute atomic E-state index is 16.7. The van der Waals surface area contributed by atoms with Gasteiger partial charge < -0.3 is 42.6 Å². The Hall–Kier alpha value is -4.24. The number of rotatable bonds is 16. The molecule has 0 spiro atoms. The van der Waals surface area contributed by atoms with Gasteiger partial charge in [-0.3, -0.25) is 14.4 Å². The zero-order valence-electron chi connectivity index (χ0n) is 31.2. The molecule has 3 aromatic rings. The summed E-state index contributed by atoms with van der Waals surface area (Å²) in [5.41, 5.74) is 2.75. The summed E-state index contributed by atoms with van der Waals surface area (Å²) in [6.07, 6.45) is -10.7. The predicted molar refractivity (Wildman–Crippen MR) is 191 cm³/mol. The molecule has 5 unspecified atom stereocenters. The largest absolute Gasteiger partial charge is 0.463 e. The normalized spacial score (nSPS) is 29.6. The molecule has 0 aromatic heterocycles. The molecule has 10 atom stereocenters. The van der Waals surface area contributed by atoms with E-state index < -0.39 is 79.4 Å². The minimum absolute atomic E-state index is 0.121. The molecule has 5 rings (SSSR count). The smallest absolute Gasteiger partial charge is 0.303 e. The van der Waals surface area contributed by atoms with E-state index in [0.717, 1.165) is 30.5 Å². The summed E-state index contributed by atoms with van der Waals surface area (Å²) < 4.78 is 71.4. The molecule has 292 valence electrons. The van der Waals surface area contributed by atoms with Crippen molar-refractivity contribution in [3.8, 4) is 0 Å². The standard InChI is InChI=1S/C41H49FO12/c1-26-33(24-46-21-30-15-9-6-10-16-30)53-41(5,39(49-23-32-19-13-8-14-20-32)36(26)48-22-31-17-11-7-12-18-31)54-40-35(42)38(51-29(4)45)37(50-28(3)44)34(52-40)25-47-27(2)43/h6-20,26,33-40H,21-25H2,1-5H3/t26-,33?,34?,35?,36-,37+,38?,39?,40-,41+/m0/s1. The first kappa shape index (κ1) is 40.9. The molecule has 0 N–H and O–H groups in total. The summed E-state index contributed by atoms with van der Waals surface area (Å²) in [6.45, 7) is 7.30. The highest BCUT2D eigenvalue weighted by molar-refractivity contribution is 5.68. The van der Waals surface area contributed by atoms with Crippen LogP contribution in [0, 0.1) is 5.92 Å². The van der Waals surface area contributed by atoms with Gasteiger partial charge in [-0.2, -0.15) is 0 Å². The molecule has 54 heavy (non-hydrogen) atoms. The average Bonchev–Trinajstić information content (AvgIpc) is 3.15. The fourth-order valence-electron chi connectivity index (χ4n) is 6.61. The van der Waals surface area contributed by atoms with Crippen LogP contribution in [0.3, 0.4) is 0 Å². The summed E-state index contributed by atoms with van der Waals surface area (Å²) in [5.74, 6) is -4.39. The molecule has 2 aliphatic heterocycles. The van der Waals surface area contributed by atoms with E-state index in [-0.39, 0.29) is 25.7 Å². The Morgan fingerprint density at radius 3 is 1.72 bits per heavy atom. The van der Waals surface area contributed by atoms with E-state index >= 15 is 4.39 Å². The van der Waals surface area contributed by atoms with Crippen LogP contribution in [0.2, 0.25) is 0 Å². The quantitative estimate of drug-likeness (QED) is 0.133. The number of hydrogen-bond acceptors (Lipinski definition) is 12. The van der Waals surface area contributed by atoms with Gasteiger partial charge in [-0.1, -0.05) is 97.9 Å². The van der Waals surface area contributed by atoms with Crippen LogP contribution in [0.25, 0.3) is 0 Å². The third-order valence-corrected chi connectivity index (χ3v) is 9.23. The van der Waals surface area contributed by atoms with Crippen molar-refractivity contribution < 1.29 is 61.4 Å². The SMILES string of the molecule is CC(=O)OCC1O[C@@H](O[C@@]2(C)OC(COCc3ccccc3)[C@H](C)[C@H](OCc3ccccc3)C2OCc2ccccc2)C(F)C(OC(C)=O)[C@@H]1OC(C)=O. The second-order valence-corrected chi connectivity index (χ2v) is 13.6. The number of carbonyl (C=O) groups excluding carboxylic acids is 3. The molecular formula is C41H49FO12. The topological polar surface area (TPSA) is 134 Å². The zero-order chi connectivity index (χ0) is 38.7. The molecular weight excluding hydrogens is 703 g/mol. The lowest BCUT2D eigenvalue weighted by Crippen LogP contribution is -2.67.